The molecule has 9 nitrogen and oxygen atoms in total. The zero-order valence-corrected chi connectivity index (χ0v) is 20.8. The van der Waals surface area contributed by atoms with E-state index in [1.165, 1.54) is 0 Å². The average molecular weight is 495 g/mol. The van der Waals surface area contributed by atoms with Crippen molar-refractivity contribution in [3.05, 3.63) is 54.7 Å². The van der Waals surface area contributed by atoms with E-state index >= 15 is 0 Å². The molecule has 3 aromatic rings. The highest BCUT2D eigenvalue weighted by Crippen LogP contribution is 2.35. The van der Waals surface area contributed by atoms with Crippen molar-refractivity contribution < 1.29 is 24.1 Å². The number of methoxy groups -OCH3 is 2. The number of nitrogens with zero attached hydrogens (tertiary/aromatic N) is 2. The summed E-state index contributed by atoms with van der Waals surface area (Å²) in [7, 11) is 3.36. The molecule has 3 N–H and O–H groups in total. The van der Waals surface area contributed by atoms with E-state index in [0.29, 0.717) is 19.8 Å². The number of H-pyrrole nitrogens is 1. The Morgan fingerprint density at radius 3 is 2.56 bits per heavy atom. The van der Waals surface area contributed by atoms with Crippen molar-refractivity contribution in [3.8, 4) is 22.6 Å². The molecule has 1 saturated carbocycles. The van der Waals surface area contributed by atoms with Gasteiger partial charge in [-0.2, -0.15) is 5.10 Å². The predicted molar refractivity (Wildman–Crippen MR) is 138 cm³/mol. The lowest BCUT2D eigenvalue weighted by Crippen LogP contribution is -2.48. The monoisotopic (exact) mass is 494 g/mol. The molecule has 0 radical (unpaired) electrons. The number of nitrogens with one attached hydrogen (secondary N) is 2. The number of phenolic OH excluding ortho intramolecular Hbond substituents is 1. The second-order valence-electron chi connectivity index (χ2n) is 8.96. The molecule has 1 fully saturated rings. The molecule has 1 aliphatic rings. The van der Waals surface area contributed by atoms with Gasteiger partial charge in [-0.25, -0.2) is 0 Å². The molecule has 0 bridgehead atoms. The number of aromatic amines is 1. The van der Waals surface area contributed by atoms with Gasteiger partial charge < -0.3 is 24.6 Å². The van der Waals surface area contributed by atoms with Crippen LogP contribution in [-0.4, -0.2) is 85.3 Å². The second-order valence-corrected chi connectivity index (χ2v) is 8.96. The summed E-state index contributed by atoms with van der Waals surface area (Å²) in [5, 5.41) is 20.7. The lowest BCUT2D eigenvalue weighted by Gasteiger charge is -2.35. The summed E-state index contributed by atoms with van der Waals surface area (Å²) in [4.78, 5) is 14.5. The minimum Gasteiger partial charge on any atom is -0.508 e. The Bertz CT molecular complexity index is 1150. The highest BCUT2D eigenvalue weighted by Gasteiger charge is 2.32. The van der Waals surface area contributed by atoms with E-state index in [0.717, 1.165) is 53.7 Å². The van der Waals surface area contributed by atoms with E-state index in [1.807, 2.05) is 30.3 Å². The van der Waals surface area contributed by atoms with Crippen LogP contribution >= 0.6 is 0 Å². The molecule has 0 aliphatic heterocycles. The largest absolute Gasteiger partial charge is 0.508 e. The molecular weight excluding hydrogens is 460 g/mol. The second kappa shape index (κ2) is 12.5. The van der Waals surface area contributed by atoms with Crippen LogP contribution < -0.4 is 10.1 Å². The number of carbonyl (C=O) groups excluding carboxylic acids is 1. The number of fused-ring (bicyclic) bond motifs is 1. The Labute approximate surface area is 211 Å². The van der Waals surface area contributed by atoms with Crippen molar-refractivity contribution in [2.45, 2.75) is 25.0 Å². The van der Waals surface area contributed by atoms with Crippen LogP contribution in [0.25, 0.3) is 22.0 Å². The molecular formula is C27H34N4O5. The summed E-state index contributed by atoms with van der Waals surface area (Å²) >= 11 is 0. The van der Waals surface area contributed by atoms with Crippen molar-refractivity contribution in [3.63, 3.8) is 0 Å². The van der Waals surface area contributed by atoms with Crippen molar-refractivity contribution in [1.29, 1.82) is 0 Å². The Balaban J connectivity index is 1.28. The number of phenols is 1. The van der Waals surface area contributed by atoms with Crippen LogP contribution in [0.3, 0.4) is 0 Å². The maximum absolute atomic E-state index is 12.3. The molecule has 4 rings (SSSR count). The molecule has 0 spiro atoms. The molecule has 1 aromatic heterocycles. The van der Waals surface area contributed by atoms with Crippen LogP contribution in [-0.2, 0) is 14.3 Å². The number of hydrogen-bond acceptors (Lipinski definition) is 7. The molecule has 2 aromatic carbocycles. The first kappa shape index (κ1) is 25.7. The summed E-state index contributed by atoms with van der Waals surface area (Å²) in [6.45, 7) is 3.50. The van der Waals surface area contributed by atoms with Crippen LogP contribution in [0.2, 0.25) is 0 Å². The first-order chi connectivity index (χ1) is 17.6. The maximum atomic E-state index is 12.3. The van der Waals surface area contributed by atoms with Crippen LogP contribution in [0.5, 0.6) is 11.5 Å². The maximum Gasteiger partial charge on any atom is 0.243 e. The minimum atomic E-state index is -0.0940. The van der Waals surface area contributed by atoms with Gasteiger partial charge in [-0.3, -0.25) is 14.8 Å². The van der Waals surface area contributed by atoms with Crippen molar-refractivity contribution in [2.24, 2.45) is 0 Å². The molecule has 0 saturated heterocycles. The van der Waals surface area contributed by atoms with Crippen molar-refractivity contribution in [1.82, 2.24) is 20.4 Å². The number of aromatic nitrogens is 2. The fraction of sp³-hybridized carbons (Fsp3) is 0.407. The van der Waals surface area contributed by atoms with Gasteiger partial charge in [-0.15, -0.1) is 0 Å². The Hall–Kier alpha value is -3.40. The molecule has 36 heavy (non-hydrogen) atoms. The van der Waals surface area contributed by atoms with Gasteiger partial charge in [0.15, 0.2) is 0 Å². The minimum absolute atomic E-state index is 0.0195. The summed E-state index contributed by atoms with van der Waals surface area (Å²) in [6.07, 6.45) is 6.74. The van der Waals surface area contributed by atoms with Crippen LogP contribution in [0.4, 0.5) is 0 Å². The molecule has 0 atom stereocenters. The number of carbonyl (C=O) groups is 1. The molecule has 1 heterocycles. The fourth-order valence-corrected chi connectivity index (χ4v) is 4.19. The predicted octanol–water partition coefficient (Wildman–Crippen LogP) is 3.11. The number of aromatic hydroxyl groups is 1. The molecule has 1 amide bonds. The lowest BCUT2D eigenvalue weighted by atomic mass is 9.89. The standard InChI is InChI=1S/C27H34N4O5/c1-34-12-10-31(11-13-35-2)9-3-4-27(33)29-21-16-23(17-21)36-26-15-20(14-25-24(26)18-28-30-25)19-5-7-22(32)8-6-19/h3-8,14-15,18,21,23,32H,9-13,16-17H2,1-2H3,(H,28,30)(H,29,33)/b4-3+. The van der Waals surface area contributed by atoms with Crippen LogP contribution in [0.15, 0.2) is 54.7 Å². The smallest absolute Gasteiger partial charge is 0.243 e. The number of hydrogen-bond donors (Lipinski definition) is 3. The van der Waals surface area contributed by atoms with E-state index < -0.39 is 0 Å². The first-order valence-electron chi connectivity index (χ1n) is 12.2. The van der Waals surface area contributed by atoms with Gasteiger partial charge in [-0.1, -0.05) is 18.2 Å². The Morgan fingerprint density at radius 1 is 1.14 bits per heavy atom. The van der Waals surface area contributed by atoms with E-state index in [9.17, 15) is 9.90 Å². The van der Waals surface area contributed by atoms with Crippen LogP contribution in [0, 0.1) is 0 Å². The number of amides is 1. The summed E-state index contributed by atoms with van der Waals surface area (Å²) < 4.78 is 16.6. The fourth-order valence-electron chi connectivity index (χ4n) is 4.19. The van der Waals surface area contributed by atoms with Crippen molar-refractivity contribution >= 4 is 16.8 Å². The van der Waals surface area contributed by atoms with E-state index in [2.05, 4.69) is 20.4 Å². The van der Waals surface area contributed by atoms with Gasteiger partial charge in [0.25, 0.3) is 0 Å². The highest BCUT2D eigenvalue weighted by molar-refractivity contribution is 5.90. The summed E-state index contributed by atoms with van der Waals surface area (Å²) in [6, 6.07) is 11.2. The molecule has 1 aliphatic carbocycles. The average Bonchev–Trinajstić information content (AvgIpc) is 3.33. The van der Waals surface area contributed by atoms with E-state index in [-0.39, 0.29) is 23.8 Å². The quantitative estimate of drug-likeness (QED) is 0.313. The van der Waals surface area contributed by atoms with Crippen LogP contribution in [0.1, 0.15) is 12.8 Å². The Morgan fingerprint density at radius 2 is 1.86 bits per heavy atom. The highest BCUT2D eigenvalue weighted by atomic mass is 16.5. The number of rotatable bonds is 13. The topological polar surface area (TPSA) is 109 Å². The van der Waals surface area contributed by atoms with Gasteiger partial charge in [0, 0.05) is 58.8 Å². The third kappa shape index (κ3) is 6.84. The van der Waals surface area contributed by atoms with E-state index in [1.54, 1.807) is 38.6 Å². The van der Waals surface area contributed by atoms with Gasteiger partial charge in [0.1, 0.15) is 17.6 Å². The van der Waals surface area contributed by atoms with Crippen molar-refractivity contribution in [2.75, 3.05) is 47.1 Å². The summed E-state index contributed by atoms with van der Waals surface area (Å²) in [5.74, 6) is 0.888. The van der Waals surface area contributed by atoms with Gasteiger partial charge >= 0.3 is 0 Å². The Kier molecular flexibility index (Phi) is 8.94. The third-order valence-corrected chi connectivity index (χ3v) is 6.31. The number of ether oxygens (including phenoxy) is 3. The molecule has 192 valence electrons. The lowest BCUT2D eigenvalue weighted by molar-refractivity contribution is -0.118. The first-order valence-corrected chi connectivity index (χ1v) is 12.2. The van der Waals surface area contributed by atoms with Gasteiger partial charge in [-0.05, 0) is 35.4 Å². The van der Waals surface area contributed by atoms with Gasteiger partial charge in [0.05, 0.1) is 30.3 Å². The normalized spacial score (nSPS) is 17.5. The summed E-state index contributed by atoms with van der Waals surface area (Å²) in [5.41, 5.74) is 2.83. The van der Waals surface area contributed by atoms with E-state index in [4.69, 9.17) is 14.2 Å². The zero-order chi connectivity index (χ0) is 25.3. The third-order valence-electron chi connectivity index (χ3n) is 6.31. The van der Waals surface area contributed by atoms with Gasteiger partial charge in [0.2, 0.25) is 5.91 Å². The molecule has 0 unspecified atom stereocenters. The molecule has 9 heteroatoms. The number of benzene rings is 2. The zero-order valence-electron chi connectivity index (χ0n) is 20.8. The SMILES string of the molecule is COCCN(C/C=C/C(=O)NC1CC(Oc2cc(-c3ccc(O)cc3)cc3[nH]ncc23)C1)CCOC.